The molecule has 2 rings (SSSR count). The number of nitrogens with zero attached hydrogens (tertiary/aromatic N) is 3. The van der Waals surface area contributed by atoms with E-state index in [1.54, 1.807) is 6.07 Å². The molecule has 0 saturated carbocycles. The average molecular weight is 179 g/mol. The number of hydrogen-bond donors (Lipinski definition) is 1. The number of aromatic hydroxyl groups is 1. The summed E-state index contributed by atoms with van der Waals surface area (Å²) in [6.07, 6.45) is 1.48. The van der Waals surface area contributed by atoms with Crippen LogP contribution in [0, 0.1) is 0 Å². The third-order valence-electron chi connectivity index (χ3n) is 2.22. The van der Waals surface area contributed by atoms with E-state index in [1.807, 2.05) is 6.07 Å². The van der Waals surface area contributed by atoms with Crippen LogP contribution in [0.1, 0.15) is 0 Å². The summed E-state index contributed by atoms with van der Waals surface area (Å²) in [6.45, 7) is 2.99. The molecule has 0 unspecified atom stereocenters. The molecule has 1 aromatic rings. The number of rotatable bonds is 1. The van der Waals surface area contributed by atoms with Crippen molar-refractivity contribution in [3.63, 3.8) is 0 Å². The molecule has 0 radical (unpaired) electrons. The predicted octanol–water partition coefficient (Wildman–Crippen LogP) is 0.496. The Labute approximate surface area is 77.4 Å². The minimum atomic E-state index is 0.219. The van der Waals surface area contributed by atoms with E-state index in [9.17, 15) is 0 Å². The Kier molecular flexibility index (Phi) is 2.06. The Morgan fingerprint density at radius 2 is 2.23 bits per heavy atom. The molecular formula is C9H13N3O. The summed E-state index contributed by atoms with van der Waals surface area (Å²) in [5.74, 6) is 1.15. The van der Waals surface area contributed by atoms with Gasteiger partial charge in [-0.1, -0.05) is 0 Å². The molecule has 2 heterocycles. The molecule has 0 aromatic carbocycles. The maximum absolute atomic E-state index is 9.06. The zero-order chi connectivity index (χ0) is 9.26. The lowest BCUT2D eigenvalue weighted by molar-refractivity contribution is 0.420. The average Bonchev–Trinajstić information content (AvgIpc) is 2.53. The second kappa shape index (κ2) is 3.22. The normalized spacial score (nSPS) is 18.1. The molecule has 1 aromatic heterocycles. The van der Waals surface area contributed by atoms with Gasteiger partial charge in [-0.05, 0) is 19.2 Å². The molecule has 4 heteroatoms. The predicted molar refractivity (Wildman–Crippen MR) is 50.7 cm³/mol. The third-order valence-corrected chi connectivity index (χ3v) is 2.22. The number of pyridine rings is 1. The number of aromatic nitrogens is 1. The van der Waals surface area contributed by atoms with E-state index in [2.05, 4.69) is 21.8 Å². The van der Waals surface area contributed by atoms with Crippen molar-refractivity contribution in [2.24, 2.45) is 0 Å². The van der Waals surface area contributed by atoms with Gasteiger partial charge in [-0.2, -0.15) is 0 Å². The zero-order valence-electron chi connectivity index (χ0n) is 7.64. The Bertz CT molecular complexity index is 285. The van der Waals surface area contributed by atoms with Crippen LogP contribution in [-0.4, -0.2) is 41.8 Å². The number of hydrogen-bond acceptors (Lipinski definition) is 4. The highest BCUT2D eigenvalue weighted by Crippen LogP contribution is 2.16. The summed E-state index contributed by atoms with van der Waals surface area (Å²) in [6, 6.07) is 3.51. The van der Waals surface area contributed by atoms with Gasteiger partial charge in [-0.15, -0.1) is 0 Å². The molecule has 1 aliphatic rings. The Morgan fingerprint density at radius 3 is 2.77 bits per heavy atom. The van der Waals surface area contributed by atoms with Crippen LogP contribution >= 0.6 is 0 Å². The van der Waals surface area contributed by atoms with Crippen LogP contribution in [0.5, 0.6) is 5.75 Å². The molecule has 1 saturated heterocycles. The van der Waals surface area contributed by atoms with Gasteiger partial charge in [0.1, 0.15) is 11.6 Å². The first-order valence-electron chi connectivity index (χ1n) is 4.34. The lowest BCUT2D eigenvalue weighted by atomic mass is 10.4. The summed E-state index contributed by atoms with van der Waals surface area (Å²) in [4.78, 5) is 8.55. The van der Waals surface area contributed by atoms with Crippen LogP contribution in [0.15, 0.2) is 18.3 Å². The molecule has 0 atom stereocenters. The summed E-state index contributed by atoms with van der Waals surface area (Å²) >= 11 is 0. The van der Waals surface area contributed by atoms with E-state index in [-0.39, 0.29) is 5.75 Å². The molecule has 1 N–H and O–H groups in total. The Hall–Kier alpha value is -1.29. The first kappa shape index (κ1) is 8.31. The van der Waals surface area contributed by atoms with Crippen LogP contribution in [0.4, 0.5) is 5.82 Å². The van der Waals surface area contributed by atoms with Crippen molar-refractivity contribution in [1.29, 1.82) is 0 Å². The molecule has 4 nitrogen and oxygen atoms in total. The molecule has 13 heavy (non-hydrogen) atoms. The molecule has 0 amide bonds. The topological polar surface area (TPSA) is 39.6 Å². The fourth-order valence-electron chi connectivity index (χ4n) is 1.48. The summed E-state index contributed by atoms with van der Waals surface area (Å²) < 4.78 is 0. The lowest BCUT2D eigenvalue weighted by Gasteiger charge is -2.16. The van der Waals surface area contributed by atoms with Crippen molar-refractivity contribution in [3.8, 4) is 5.75 Å². The van der Waals surface area contributed by atoms with E-state index < -0.39 is 0 Å². The van der Waals surface area contributed by atoms with Gasteiger partial charge < -0.3 is 10.0 Å². The van der Waals surface area contributed by atoms with E-state index >= 15 is 0 Å². The van der Waals surface area contributed by atoms with Crippen LogP contribution < -0.4 is 4.90 Å². The van der Waals surface area contributed by atoms with Gasteiger partial charge in [0.25, 0.3) is 0 Å². The van der Waals surface area contributed by atoms with Crippen molar-refractivity contribution < 1.29 is 5.11 Å². The van der Waals surface area contributed by atoms with Gasteiger partial charge in [0, 0.05) is 13.1 Å². The monoisotopic (exact) mass is 179 g/mol. The number of anilines is 1. The van der Waals surface area contributed by atoms with Crippen LogP contribution in [0.3, 0.4) is 0 Å². The second-order valence-corrected chi connectivity index (χ2v) is 3.36. The molecule has 0 bridgehead atoms. The standard InChI is InChI=1S/C9H13N3O/c1-11-4-5-12(7-11)9-3-2-8(13)6-10-9/h2-3,6,13H,4-5,7H2,1H3. The van der Waals surface area contributed by atoms with Gasteiger partial charge in [-0.3, -0.25) is 4.90 Å². The van der Waals surface area contributed by atoms with Gasteiger partial charge in [0.05, 0.1) is 12.9 Å². The van der Waals surface area contributed by atoms with Crippen LogP contribution in [0.2, 0.25) is 0 Å². The fourth-order valence-corrected chi connectivity index (χ4v) is 1.48. The first-order valence-corrected chi connectivity index (χ1v) is 4.34. The lowest BCUT2D eigenvalue weighted by Crippen LogP contribution is -2.22. The minimum Gasteiger partial charge on any atom is -0.506 e. The van der Waals surface area contributed by atoms with Crippen LogP contribution in [0.25, 0.3) is 0 Å². The summed E-state index contributed by atoms with van der Waals surface area (Å²) in [5.41, 5.74) is 0. The molecular weight excluding hydrogens is 166 g/mol. The van der Waals surface area contributed by atoms with Crippen molar-refractivity contribution in [2.45, 2.75) is 0 Å². The van der Waals surface area contributed by atoms with E-state index in [1.165, 1.54) is 6.20 Å². The molecule has 1 aliphatic heterocycles. The van der Waals surface area contributed by atoms with Crippen molar-refractivity contribution in [1.82, 2.24) is 9.88 Å². The SMILES string of the molecule is CN1CCN(c2ccc(O)cn2)C1. The molecule has 70 valence electrons. The van der Waals surface area contributed by atoms with E-state index in [4.69, 9.17) is 5.11 Å². The first-order chi connectivity index (χ1) is 6.25. The highest BCUT2D eigenvalue weighted by atomic mass is 16.3. The van der Waals surface area contributed by atoms with Gasteiger partial charge in [-0.25, -0.2) is 4.98 Å². The minimum absolute atomic E-state index is 0.219. The maximum Gasteiger partial charge on any atom is 0.134 e. The summed E-state index contributed by atoms with van der Waals surface area (Å²) in [7, 11) is 2.08. The fraction of sp³-hybridized carbons (Fsp3) is 0.444. The zero-order valence-corrected chi connectivity index (χ0v) is 7.64. The molecule has 1 fully saturated rings. The Balaban J connectivity index is 2.13. The van der Waals surface area contributed by atoms with Crippen molar-refractivity contribution in [3.05, 3.63) is 18.3 Å². The molecule has 0 spiro atoms. The van der Waals surface area contributed by atoms with Crippen LogP contribution in [-0.2, 0) is 0 Å². The maximum atomic E-state index is 9.06. The molecule has 0 aliphatic carbocycles. The summed E-state index contributed by atoms with van der Waals surface area (Å²) in [5, 5.41) is 9.06. The second-order valence-electron chi connectivity index (χ2n) is 3.36. The van der Waals surface area contributed by atoms with Crippen molar-refractivity contribution >= 4 is 5.82 Å². The highest BCUT2D eigenvalue weighted by Gasteiger charge is 2.17. The third kappa shape index (κ3) is 1.72. The highest BCUT2D eigenvalue weighted by molar-refractivity contribution is 5.41. The van der Waals surface area contributed by atoms with Gasteiger partial charge in [0.2, 0.25) is 0 Å². The Morgan fingerprint density at radius 1 is 1.38 bits per heavy atom. The van der Waals surface area contributed by atoms with Gasteiger partial charge >= 0.3 is 0 Å². The largest absolute Gasteiger partial charge is 0.506 e. The van der Waals surface area contributed by atoms with E-state index in [0.717, 1.165) is 25.6 Å². The quantitative estimate of drug-likeness (QED) is 0.681. The van der Waals surface area contributed by atoms with Crippen molar-refractivity contribution in [2.75, 3.05) is 31.7 Å². The smallest absolute Gasteiger partial charge is 0.134 e. The van der Waals surface area contributed by atoms with Gasteiger partial charge in [0.15, 0.2) is 0 Å². The number of likely N-dealkylation sites (N-methyl/N-ethyl adjacent to an activating group) is 1. The van der Waals surface area contributed by atoms with E-state index in [0.29, 0.717) is 0 Å².